The lowest BCUT2D eigenvalue weighted by molar-refractivity contribution is 0.406. The average Bonchev–Trinajstić information content (AvgIpc) is 2.83. The highest BCUT2D eigenvalue weighted by atomic mass is 32.2. The van der Waals surface area contributed by atoms with Crippen LogP contribution in [0.15, 0.2) is 11.2 Å². The molecule has 9 heteroatoms. The van der Waals surface area contributed by atoms with Crippen LogP contribution in [0.2, 0.25) is 0 Å². The van der Waals surface area contributed by atoms with Gasteiger partial charge in [-0.05, 0) is 13.8 Å². The van der Waals surface area contributed by atoms with Crippen LogP contribution in [-0.2, 0) is 13.0 Å². The molecule has 0 saturated carbocycles. The summed E-state index contributed by atoms with van der Waals surface area (Å²) >= 11 is 1.61. The van der Waals surface area contributed by atoms with Crippen molar-refractivity contribution in [2.45, 2.75) is 37.9 Å². The SMILES string of the molecule is COc1c(C)cnc(Cn2nc3c4c(nc(N)nc42)SCC(N)C3)c1C. The minimum absolute atomic E-state index is 0.0290. The third-order valence-corrected chi connectivity index (χ3v) is 5.75. The van der Waals surface area contributed by atoms with Gasteiger partial charge in [-0.15, -0.1) is 11.8 Å². The molecule has 3 aromatic rings. The van der Waals surface area contributed by atoms with E-state index in [0.717, 1.165) is 50.1 Å². The monoisotopic (exact) mass is 371 g/mol. The predicted molar refractivity (Wildman–Crippen MR) is 102 cm³/mol. The molecule has 4 heterocycles. The molecule has 4 rings (SSSR count). The first-order valence-corrected chi connectivity index (χ1v) is 9.36. The molecule has 0 aromatic carbocycles. The first kappa shape index (κ1) is 17.0. The van der Waals surface area contributed by atoms with Crippen LogP contribution >= 0.6 is 11.8 Å². The van der Waals surface area contributed by atoms with Gasteiger partial charge in [0.2, 0.25) is 5.95 Å². The Kier molecular flexibility index (Phi) is 4.20. The van der Waals surface area contributed by atoms with E-state index in [9.17, 15) is 0 Å². The van der Waals surface area contributed by atoms with Crippen molar-refractivity contribution in [2.24, 2.45) is 5.73 Å². The molecule has 1 atom stereocenters. The summed E-state index contributed by atoms with van der Waals surface area (Å²) in [5.74, 6) is 1.88. The van der Waals surface area contributed by atoms with Gasteiger partial charge in [0.1, 0.15) is 10.8 Å². The average molecular weight is 371 g/mol. The minimum atomic E-state index is 0.0290. The van der Waals surface area contributed by atoms with E-state index in [0.29, 0.717) is 13.0 Å². The number of hydrogen-bond acceptors (Lipinski definition) is 8. The Morgan fingerprint density at radius 3 is 2.92 bits per heavy atom. The fraction of sp³-hybridized carbons (Fsp3) is 0.412. The molecule has 1 aliphatic rings. The standard InChI is InChI=1S/C17H21N7OS/c1-8-5-20-12(9(2)14(8)25-3)6-24-15-13-11(23-24)4-10(18)7-26-16(13)22-17(19)21-15/h5,10H,4,6-7,18H2,1-3H3,(H2,19,21,22). The topological polar surface area (TPSA) is 118 Å². The normalized spacial score (nSPS) is 16.7. The Hall–Kier alpha value is -2.39. The highest BCUT2D eigenvalue weighted by Crippen LogP contribution is 2.33. The van der Waals surface area contributed by atoms with Crippen LogP contribution in [0.3, 0.4) is 0 Å². The molecule has 8 nitrogen and oxygen atoms in total. The first-order valence-electron chi connectivity index (χ1n) is 8.38. The van der Waals surface area contributed by atoms with E-state index in [1.54, 1.807) is 18.9 Å². The first-order chi connectivity index (χ1) is 12.5. The number of thioether (sulfide) groups is 1. The molecular weight excluding hydrogens is 350 g/mol. The van der Waals surface area contributed by atoms with Crippen molar-refractivity contribution in [2.75, 3.05) is 18.6 Å². The maximum Gasteiger partial charge on any atom is 0.223 e. The van der Waals surface area contributed by atoms with E-state index >= 15 is 0 Å². The summed E-state index contributed by atoms with van der Waals surface area (Å²) in [7, 11) is 1.67. The van der Waals surface area contributed by atoms with Gasteiger partial charge in [-0.3, -0.25) is 4.98 Å². The summed E-state index contributed by atoms with van der Waals surface area (Å²) in [5.41, 5.74) is 16.7. The number of nitrogen functional groups attached to an aromatic ring is 1. The van der Waals surface area contributed by atoms with Crippen LogP contribution in [0.1, 0.15) is 22.5 Å². The fourth-order valence-electron chi connectivity index (χ4n) is 3.35. The van der Waals surface area contributed by atoms with Crippen LogP contribution in [0.4, 0.5) is 5.95 Å². The van der Waals surface area contributed by atoms with Gasteiger partial charge < -0.3 is 16.2 Å². The van der Waals surface area contributed by atoms with Gasteiger partial charge in [0.25, 0.3) is 0 Å². The number of rotatable bonds is 3. The predicted octanol–water partition coefficient (Wildman–Crippen LogP) is 1.45. The van der Waals surface area contributed by atoms with E-state index in [2.05, 4.69) is 15.0 Å². The largest absolute Gasteiger partial charge is 0.496 e. The van der Waals surface area contributed by atoms with Crippen LogP contribution < -0.4 is 16.2 Å². The molecule has 0 saturated heterocycles. The molecule has 0 amide bonds. The van der Waals surface area contributed by atoms with Crippen molar-refractivity contribution in [3.8, 4) is 5.75 Å². The van der Waals surface area contributed by atoms with Gasteiger partial charge in [0.15, 0.2) is 5.65 Å². The van der Waals surface area contributed by atoms with Gasteiger partial charge in [-0.1, -0.05) is 0 Å². The summed E-state index contributed by atoms with van der Waals surface area (Å²) < 4.78 is 7.35. The molecule has 0 radical (unpaired) electrons. The lowest BCUT2D eigenvalue weighted by atomic mass is 10.1. The molecule has 4 N–H and O–H groups in total. The van der Waals surface area contributed by atoms with E-state index in [1.165, 1.54) is 0 Å². The molecule has 1 unspecified atom stereocenters. The van der Waals surface area contributed by atoms with Crippen LogP contribution in [0.5, 0.6) is 5.75 Å². The van der Waals surface area contributed by atoms with E-state index in [1.807, 2.05) is 24.7 Å². The summed E-state index contributed by atoms with van der Waals surface area (Å²) in [5, 5.41) is 6.58. The highest BCUT2D eigenvalue weighted by molar-refractivity contribution is 7.99. The van der Waals surface area contributed by atoms with Gasteiger partial charge in [-0.2, -0.15) is 10.1 Å². The van der Waals surface area contributed by atoms with Crippen molar-refractivity contribution in [1.29, 1.82) is 0 Å². The van der Waals surface area contributed by atoms with Gasteiger partial charge >= 0.3 is 0 Å². The quantitative estimate of drug-likeness (QED) is 0.664. The second kappa shape index (κ2) is 6.40. The molecule has 0 bridgehead atoms. The van der Waals surface area contributed by atoms with Crippen LogP contribution in [-0.4, -0.2) is 43.6 Å². The minimum Gasteiger partial charge on any atom is -0.496 e. The number of pyridine rings is 1. The zero-order chi connectivity index (χ0) is 18.4. The summed E-state index contributed by atoms with van der Waals surface area (Å²) in [6.45, 7) is 4.47. The number of nitrogens with two attached hydrogens (primary N) is 2. The second-order valence-electron chi connectivity index (χ2n) is 6.51. The Labute approximate surface area is 155 Å². The van der Waals surface area contributed by atoms with Gasteiger partial charge in [0.05, 0.1) is 30.4 Å². The lowest BCUT2D eigenvalue weighted by Gasteiger charge is -2.13. The lowest BCUT2D eigenvalue weighted by Crippen LogP contribution is -2.25. The maximum absolute atomic E-state index is 6.19. The molecular formula is C17H21N7OS. The molecule has 1 aliphatic heterocycles. The maximum atomic E-state index is 6.19. The molecule has 0 fully saturated rings. The number of aromatic nitrogens is 5. The number of nitrogens with zero attached hydrogens (tertiary/aromatic N) is 5. The van der Waals surface area contributed by atoms with Crippen molar-refractivity contribution in [1.82, 2.24) is 24.7 Å². The van der Waals surface area contributed by atoms with Crippen LogP contribution in [0.25, 0.3) is 11.0 Å². The van der Waals surface area contributed by atoms with Crippen LogP contribution in [0, 0.1) is 13.8 Å². The second-order valence-corrected chi connectivity index (χ2v) is 7.52. The molecule has 3 aromatic heterocycles. The number of anilines is 1. The Morgan fingerprint density at radius 1 is 1.35 bits per heavy atom. The Balaban J connectivity index is 1.85. The molecule has 26 heavy (non-hydrogen) atoms. The van der Waals surface area contributed by atoms with Gasteiger partial charge in [0, 0.05) is 35.5 Å². The van der Waals surface area contributed by atoms with E-state index in [-0.39, 0.29) is 12.0 Å². The number of methoxy groups -OCH3 is 1. The molecule has 0 spiro atoms. The van der Waals surface area contributed by atoms with Crippen molar-refractivity contribution >= 4 is 28.7 Å². The van der Waals surface area contributed by atoms with Crippen molar-refractivity contribution in [3.63, 3.8) is 0 Å². The van der Waals surface area contributed by atoms with Crippen molar-refractivity contribution in [3.05, 3.63) is 28.7 Å². The number of hydrogen-bond donors (Lipinski definition) is 2. The van der Waals surface area contributed by atoms with E-state index < -0.39 is 0 Å². The molecule has 136 valence electrons. The Bertz CT molecular complexity index is 1000. The van der Waals surface area contributed by atoms with E-state index in [4.69, 9.17) is 21.3 Å². The Morgan fingerprint density at radius 2 is 2.15 bits per heavy atom. The number of ether oxygens (including phenoxy) is 1. The summed E-state index contributed by atoms with van der Waals surface area (Å²) in [6, 6.07) is 0.0290. The smallest absolute Gasteiger partial charge is 0.223 e. The summed E-state index contributed by atoms with van der Waals surface area (Å²) in [4.78, 5) is 13.4. The third-order valence-electron chi connectivity index (χ3n) is 4.59. The number of aryl methyl sites for hydroxylation is 1. The fourth-order valence-corrected chi connectivity index (χ4v) is 4.35. The zero-order valence-electron chi connectivity index (χ0n) is 15.0. The highest BCUT2D eigenvalue weighted by Gasteiger charge is 2.24. The molecule has 0 aliphatic carbocycles. The third kappa shape index (κ3) is 2.77. The summed E-state index contributed by atoms with van der Waals surface area (Å²) in [6.07, 6.45) is 2.51. The van der Waals surface area contributed by atoms with Gasteiger partial charge in [-0.25, -0.2) is 9.67 Å². The zero-order valence-corrected chi connectivity index (χ0v) is 15.8. The van der Waals surface area contributed by atoms with Crippen molar-refractivity contribution < 1.29 is 4.74 Å².